The van der Waals surface area contributed by atoms with Crippen molar-refractivity contribution in [3.63, 3.8) is 0 Å². The molecule has 0 N–H and O–H groups in total. The summed E-state index contributed by atoms with van der Waals surface area (Å²) < 4.78 is 5.92. The van der Waals surface area contributed by atoms with Crippen molar-refractivity contribution in [3.05, 3.63) is 211 Å². The monoisotopic (exact) mass is 668 g/mol. The SMILES string of the molecule is Cc1ccc([S+](c2ccccc2)c2ccc(C)cc2)cc1.c1cc[c]([Ga-]([c]2ccccc2)([c]2ccccc2)[c]2ccccc2)cc1. The van der Waals surface area contributed by atoms with Crippen molar-refractivity contribution in [2.75, 3.05) is 0 Å². The minimum atomic E-state index is -3.21. The predicted molar refractivity (Wildman–Crippen MR) is 201 cm³/mol. The van der Waals surface area contributed by atoms with Crippen molar-refractivity contribution in [2.24, 2.45) is 0 Å². The van der Waals surface area contributed by atoms with E-state index in [0.717, 1.165) is 0 Å². The molecule has 0 aliphatic carbocycles. The average Bonchev–Trinajstić information content (AvgIpc) is 3.13. The van der Waals surface area contributed by atoms with Crippen molar-refractivity contribution in [1.29, 1.82) is 0 Å². The second-order valence-electron chi connectivity index (χ2n) is 11.8. The normalized spacial score (nSPS) is 11.0. The first kappa shape index (κ1) is 31.5. The van der Waals surface area contributed by atoms with Crippen molar-refractivity contribution >= 4 is 42.4 Å². The standard InChI is InChI=1S/C20H19S.4C6H5.Ga/c1-16-8-12-19(13-9-16)21(18-6-4-3-5-7-18)20-14-10-17(2)11-15-20;4*1-2-4-6-5-3-1;/h3-15H,1-2H3;4*1-5H;/q+1;;;;;-1. The topological polar surface area (TPSA) is 0 Å². The molecule has 0 atom stereocenters. The molecular weight excluding hydrogens is 630 g/mol. The fraction of sp³-hybridized carbons (Fsp3) is 0.0455. The van der Waals surface area contributed by atoms with Gasteiger partial charge in [-0.2, -0.15) is 0 Å². The van der Waals surface area contributed by atoms with Crippen LogP contribution in [0.25, 0.3) is 0 Å². The van der Waals surface area contributed by atoms with Gasteiger partial charge in [-0.05, 0) is 50.2 Å². The molecule has 0 amide bonds. The Morgan fingerprint density at radius 2 is 0.522 bits per heavy atom. The summed E-state index contributed by atoms with van der Waals surface area (Å²) in [6.07, 6.45) is 0. The van der Waals surface area contributed by atoms with Crippen molar-refractivity contribution in [2.45, 2.75) is 28.5 Å². The summed E-state index contributed by atoms with van der Waals surface area (Å²) >= 11 is -3.21. The molecule has 0 unspecified atom stereocenters. The second-order valence-corrected chi connectivity index (χ2v) is 23.0. The van der Waals surface area contributed by atoms with Gasteiger partial charge in [0.2, 0.25) is 0 Å². The van der Waals surface area contributed by atoms with Crippen LogP contribution in [0.3, 0.4) is 0 Å². The Morgan fingerprint density at radius 3 is 0.804 bits per heavy atom. The fourth-order valence-electron chi connectivity index (χ4n) is 6.44. The van der Waals surface area contributed by atoms with E-state index in [2.05, 4.69) is 214 Å². The van der Waals surface area contributed by atoms with Gasteiger partial charge < -0.3 is 0 Å². The fourth-order valence-corrected chi connectivity index (χ4v) is 20.1. The summed E-state index contributed by atoms with van der Waals surface area (Å²) in [5.74, 6) is 0. The Bertz CT molecular complexity index is 1700. The number of hydrogen-bond donors (Lipinski definition) is 0. The summed E-state index contributed by atoms with van der Waals surface area (Å²) in [4.78, 5) is 4.11. The van der Waals surface area contributed by atoms with Crippen LogP contribution in [0, 0.1) is 13.8 Å². The molecule has 7 aromatic rings. The Balaban J connectivity index is 0.000000164. The van der Waals surface area contributed by atoms with Gasteiger partial charge in [0, 0.05) is 0 Å². The summed E-state index contributed by atoms with van der Waals surface area (Å²) in [5.41, 5.74) is 2.61. The van der Waals surface area contributed by atoms with Gasteiger partial charge in [-0.3, -0.25) is 0 Å². The molecule has 0 fully saturated rings. The molecule has 46 heavy (non-hydrogen) atoms. The molecule has 0 spiro atoms. The van der Waals surface area contributed by atoms with Gasteiger partial charge in [0.25, 0.3) is 0 Å². The molecule has 7 aromatic carbocycles. The molecule has 224 valence electrons. The molecule has 0 aliphatic heterocycles. The average molecular weight is 670 g/mol. The van der Waals surface area contributed by atoms with E-state index in [1.54, 1.807) is 0 Å². The van der Waals surface area contributed by atoms with E-state index in [1.165, 1.54) is 42.3 Å². The zero-order valence-electron chi connectivity index (χ0n) is 26.5. The van der Waals surface area contributed by atoms with E-state index in [1.807, 2.05) is 0 Å². The molecule has 0 bridgehead atoms. The molecule has 0 heterocycles. The van der Waals surface area contributed by atoms with Crippen LogP contribution in [0.15, 0.2) is 215 Å². The Hall–Kier alpha value is -4.47. The van der Waals surface area contributed by atoms with Crippen molar-refractivity contribution in [3.8, 4) is 0 Å². The van der Waals surface area contributed by atoms with Gasteiger partial charge in [0.15, 0.2) is 14.7 Å². The van der Waals surface area contributed by atoms with E-state index in [9.17, 15) is 0 Å². The molecule has 0 aliphatic rings. The number of benzene rings is 7. The van der Waals surface area contributed by atoms with Crippen LogP contribution in [-0.2, 0) is 10.9 Å². The van der Waals surface area contributed by atoms with Crippen LogP contribution in [0.5, 0.6) is 0 Å². The summed E-state index contributed by atoms with van der Waals surface area (Å²) in [6, 6.07) is 73.0. The van der Waals surface area contributed by atoms with Crippen LogP contribution in [0.4, 0.5) is 0 Å². The Kier molecular flexibility index (Phi) is 10.4. The third kappa shape index (κ3) is 7.00. The first-order valence-corrected chi connectivity index (χ1v) is 22.0. The minimum absolute atomic E-state index is 0.0312. The van der Waals surface area contributed by atoms with Crippen LogP contribution in [-0.4, -0.2) is 15.0 Å². The van der Waals surface area contributed by atoms with Crippen LogP contribution in [0.1, 0.15) is 11.1 Å². The Morgan fingerprint density at radius 1 is 0.283 bits per heavy atom. The van der Waals surface area contributed by atoms with Gasteiger partial charge >= 0.3 is 153 Å². The molecule has 0 aromatic heterocycles. The first-order valence-electron chi connectivity index (χ1n) is 16.0. The molecule has 0 nitrogen and oxygen atoms in total. The zero-order chi connectivity index (χ0) is 31.6. The van der Waals surface area contributed by atoms with E-state index < -0.39 is 15.0 Å². The zero-order valence-corrected chi connectivity index (χ0v) is 29.8. The van der Waals surface area contributed by atoms with E-state index in [-0.39, 0.29) is 10.9 Å². The van der Waals surface area contributed by atoms with Crippen LogP contribution < -0.4 is 16.5 Å². The van der Waals surface area contributed by atoms with E-state index in [0.29, 0.717) is 0 Å². The third-order valence-electron chi connectivity index (χ3n) is 8.69. The maximum absolute atomic E-state index is 3.21. The Labute approximate surface area is 280 Å². The van der Waals surface area contributed by atoms with Crippen molar-refractivity contribution < 1.29 is 0 Å². The maximum atomic E-state index is 2.32. The van der Waals surface area contributed by atoms with Gasteiger partial charge in [-0.1, -0.05) is 53.6 Å². The first-order chi connectivity index (χ1) is 22.7. The van der Waals surface area contributed by atoms with Crippen molar-refractivity contribution in [1.82, 2.24) is 0 Å². The molecule has 0 saturated heterocycles. The van der Waals surface area contributed by atoms with Gasteiger partial charge in [-0.15, -0.1) is 0 Å². The molecule has 7 rings (SSSR count). The summed E-state index contributed by atoms with van der Waals surface area (Å²) in [7, 11) is -0.0312. The van der Waals surface area contributed by atoms with Gasteiger partial charge in [-0.25, -0.2) is 0 Å². The molecular formula is C44H39GaS. The van der Waals surface area contributed by atoms with Gasteiger partial charge in [0.1, 0.15) is 0 Å². The molecule has 2 heteroatoms. The number of aryl methyl sites for hydroxylation is 2. The molecule has 0 saturated carbocycles. The van der Waals surface area contributed by atoms with Gasteiger partial charge in [0.05, 0.1) is 10.9 Å². The second kappa shape index (κ2) is 15.2. The van der Waals surface area contributed by atoms with E-state index in [4.69, 9.17) is 0 Å². The summed E-state index contributed by atoms with van der Waals surface area (Å²) in [6.45, 7) is 4.27. The van der Waals surface area contributed by atoms with E-state index >= 15 is 0 Å². The number of hydrogen-bond acceptors (Lipinski definition) is 0. The van der Waals surface area contributed by atoms with Crippen LogP contribution in [0.2, 0.25) is 0 Å². The quantitative estimate of drug-likeness (QED) is 0.118. The predicted octanol–water partition coefficient (Wildman–Crippen LogP) is 8.46. The summed E-state index contributed by atoms with van der Waals surface area (Å²) in [5, 5.41) is 0. The molecule has 0 radical (unpaired) electrons. The number of rotatable bonds is 7. The van der Waals surface area contributed by atoms with Crippen LogP contribution >= 0.6 is 0 Å². The third-order valence-corrected chi connectivity index (χ3v) is 22.5.